The Hall–Kier alpha value is -0.760. The highest BCUT2D eigenvalue weighted by Gasteiger charge is 2.33. The number of nitrogens with one attached hydrogen (secondary N) is 2. The number of guanidine groups is 1. The highest BCUT2D eigenvalue weighted by molar-refractivity contribution is 14.0. The van der Waals surface area contributed by atoms with Gasteiger partial charge in [0.15, 0.2) is 5.96 Å². The molecule has 0 atom stereocenters. The predicted octanol–water partition coefficient (Wildman–Crippen LogP) is 3.16. The van der Waals surface area contributed by atoms with Crippen LogP contribution in [0.5, 0.6) is 0 Å². The van der Waals surface area contributed by atoms with E-state index in [1.54, 1.807) is 20.4 Å². The van der Waals surface area contributed by atoms with Gasteiger partial charge in [0, 0.05) is 27.3 Å². The number of halogens is 1. The molecule has 0 unspecified atom stereocenters. The van der Waals surface area contributed by atoms with Crippen molar-refractivity contribution in [2.75, 3.05) is 27.3 Å². The SMILES string of the molecule is CN=C(NCc1ccco1)NCC1(CCOC)CCCC1.I. The maximum absolute atomic E-state index is 5.32. The second-order valence-corrected chi connectivity index (χ2v) is 5.81. The lowest BCUT2D eigenvalue weighted by atomic mass is 9.83. The molecule has 0 radical (unpaired) electrons. The van der Waals surface area contributed by atoms with Crippen molar-refractivity contribution < 1.29 is 9.15 Å². The van der Waals surface area contributed by atoms with Crippen LogP contribution in [0.1, 0.15) is 37.9 Å². The Kier molecular flexibility index (Phi) is 8.85. The smallest absolute Gasteiger partial charge is 0.191 e. The summed E-state index contributed by atoms with van der Waals surface area (Å²) < 4.78 is 10.6. The van der Waals surface area contributed by atoms with E-state index in [1.165, 1.54) is 25.7 Å². The molecule has 5 nitrogen and oxygen atoms in total. The molecule has 1 aromatic rings. The number of aliphatic imine (C=N–C) groups is 1. The molecule has 0 saturated heterocycles. The molecule has 6 heteroatoms. The van der Waals surface area contributed by atoms with Crippen LogP contribution in [0.4, 0.5) is 0 Å². The van der Waals surface area contributed by atoms with Crippen LogP contribution < -0.4 is 10.6 Å². The Balaban J connectivity index is 0.00000242. The molecule has 0 spiro atoms. The number of rotatable bonds is 7. The standard InChI is InChI=1S/C16H27N3O2.HI/c1-17-15(18-12-14-6-5-10-21-14)19-13-16(9-11-20-2)7-3-4-8-16;/h5-6,10H,3-4,7-9,11-13H2,1-2H3,(H2,17,18,19);1H. The first-order chi connectivity index (χ1) is 10.3. The van der Waals surface area contributed by atoms with Crippen LogP contribution in [0.25, 0.3) is 0 Å². The van der Waals surface area contributed by atoms with Crippen molar-refractivity contribution in [3.8, 4) is 0 Å². The number of hydrogen-bond acceptors (Lipinski definition) is 3. The Morgan fingerprint density at radius 2 is 2.14 bits per heavy atom. The fourth-order valence-electron chi connectivity index (χ4n) is 3.03. The second-order valence-electron chi connectivity index (χ2n) is 5.81. The summed E-state index contributed by atoms with van der Waals surface area (Å²) in [7, 11) is 3.58. The molecule has 1 heterocycles. The first kappa shape index (κ1) is 19.3. The zero-order valence-electron chi connectivity index (χ0n) is 13.6. The molecule has 126 valence electrons. The molecule has 1 aliphatic rings. The molecule has 1 aromatic heterocycles. The van der Waals surface area contributed by atoms with Crippen molar-refractivity contribution in [3.63, 3.8) is 0 Å². The fourth-order valence-corrected chi connectivity index (χ4v) is 3.03. The van der Waals surface area contributed by atoms with Crippen LogP contribution in [0.2, 0.25) is 0 Å². The van der Waals surface area contributed by atoms with Crippen molar-refractivity contribution >= 4 is 29.9 Å². The van der Waals surface area contributed by atoms with E-state index in [4.69, 9.17) is 9.15 Å². The normalized spacial score (nSPS) is 17.1. The molecule has 1 aliphatic carbocycles. The van der Waals surface area contributed by atoms with Gasteiger partial charge in [-0.25, -0.2) is 0 Å². The maximum Gasteiger partial charge on any atom is 0.191 e. The lowest BCUT2D eigenvalue weighted by Gasteiger charge is -2.29. The van der Waals surface area contributed by atoms with E-state index in [-0.39, 0.29) is 24.0 Å². The quantitative estimate of drug-likeness (QED) is 0.404. The van der Waals surface area contributed by atoms with Crippen LogP contribution in [0.15, 0.2) is 27.8 Å². The molecule has 0 aromatic carbocycles. The first-order valence-electron chi connectivity index (χ1n) is 7.74. The van der Waals surface area contributed by atoms with Crippen molar-refractivity contribution in [2.24, 2.45) is 10.4 Å². The fraction of sp³-hybridized carbons (Fsp3) is 0.688. The van der Waals surface area contributed by atoms with Crippen LogP contribution in [-0.4, -0.2) is 33.3 Å². The molecule has 22 heavy (non-hydrogen) atoms. The van der Waals surface area contributed by atoms with E-state index in [0.29, 0.717) is 12.0 Å². The predicted molar refractivity (Wildman–Crippen MR) is 99.7 cm³/mol. The van der Waals surface area contributed by atoms with Gasteiger partial charge < -0.3 is 19.8 Å². The van der Waals surface area contributed by atoms with E-state index >= 15 is 0 Å². The third kappa shape index (κ3) is 5.79. The highest BCUT2D eigenvalue weighted by atomic mass is 127. The van der Waals surface area contributed by atoms with Crippen LogP contribution in [0, 0.1) is 5.41 Å². The Labute approximate surface area is 150 Å². The summed E-state index contributed by atoms with van der Waals surface area (Å²) >= 11 is 0. The van der Waals surface area contributed by atoms with E-state index in [0.717, 1.165) is 31.3 Å². The molecular formula is C16H28IN3O2. The molecule has 0 amide bonds. The van der Waals surface area contributed by atoms with Crippen molar-refractivity contribution in [2.45, 2.75) is 38.6 Å². The van der Waals surface area contributed by atoms with Crippen molar-refractivity contribution in [3.05, 3.63) is 24.2 Å². The van der Waals surface area contributed by atoms with Gasteiger partial charge in [0.1, 0.15) is 5.76 Å². The molecule has 1 fully saturated rings. The minimum atomic E-state index is 0. The monoisotopic (exact) mass is 421 g/mol. The van der Waals surface area contributed by atoms with E-state index < -0.39 is 0 Å². The summed E-state index contributed by atoms with van der Waals surface area (Å²) in [6, 6.07) is 3.85. The van der Waals surface area contributed by atoms with Gasteiger partial charge in [-0.2, -0.15) is 0 Å². The zero-order chi connectivity index (χ0) is 15.0. The van der Waals surface area contributed by atoms with Crippen molar-refractivity contribution in [1.29, 1.82) is 0 Å². The van der Waals surface area contributed by atoms with Crippen molar-refractivity contribution in [1.82, 2.24) is 10.6 Å². The summed E-state index contributed by atoms with van der Waals surface area (Å²) in [5.41, 5.74) is 0.359. The van der Waals surface area contributed by atoms with Gasteiger partial charge in [0.2, 0.25) is 0 Å². The maximum atomic E-state index is 5.32. The molecule has 0 bridgehead atoms. The zero-order valence-corrected chi connectivity index (χ0v) is 15.9. The van der Waals surface area contributed by atoms with Gasteiger partial charge in [-0.05, 0) is 36.8 Å². The molecule has 1 saturated carbocycles. The van der Waals surface area contributed by atoms with Crippen LogP contribution in [-0.2, 0) is 11.3 Å². The second kappa shape index (κ2) is 10.1. The summed E-state index contributed by atoms with van der Waals surface area (Å²) in [5.74, 6) is 1.74. The number of methoxy groups -OCH3 is 1. The number of nitrogens with zero attached hydrogens (tertiary/aromatic N) is 1. The average Bonchev–Trinajstić information content (AvgIpc) is 3.17. The highest BCUT2D eigenvalue weighted by Crippen LogP contribution is 2.40. The third-order valence-electron chi connectivity index (χ3n) is 4.37. The van der Waals surface area contributed by atoms with E-state index in [1.807, 2.05) is 12.1 Å². The summed E-state index contributed by atoms with van der Waals surface area (Å²) in [6.45, 7) is 2.44. The first-order valence-corrected chi connectivity index (χ1v) is 7.74. The molecule has 2 rings (SSSR count). The summed E-state index contributed by atoms with van der Waals surface area (Å²) in [4.78, 5) is 4.28. The topological polar surface area (TPSA) is 58.8 Å². The summed E-state index contributed by atoms with van der Waals surface area (Å²) in [6.07, 6.45) is 8.00. The van der Waals surface area contributed by atoms with Crippen LogP contribution >= 0.6 is 24.0 Å². The lowest BCUT2D eigenvalue weighted by Crippen LogP contribution is -2.43. The molecule has 2 N–H and O–H groups in total. The minimum Gasteiger partial charge on any atom is -0.467 e. The van der Waals surface area contributed by atoms with E-state index in [9.17, 15) is 0 Å². The summed E-state index contributed by atoms with van der Waals surface area (Å²) in [5, 5.41) is 6.75. The van der Waals surface area contributed by atoms with Gasteiger partial charge >= 0.3 is 0 Å². The van der Waals surface area contributed by atoms with E-state index in [2.05, 4.69) is 15.6 Å². The Morgan fingerprint density at radius 3 is 2.73 bits per heavy atom. The number of furan rings is 1. The van der Waals surface area contributed by atoms with Gasteiger partial charge in [-0.1, -0.05) is 12.8 Å². The van der Waals surface area contributed by atoms with Gasteiger partial charge in [-0.3, -0.25) is 4.99 Å². The van der Waals surface area contributed by atoms with Crippen LogP contribution in [0.3, 0.4) is 0 Å². The lowest BCUT2D eigenvalue weighted by molar-refractivity contribution is 0.138. The largest absolute Gasteiger partial charge is 0.467 e. The Bertz CT molecular complexity index is 429. The molecular weight excluding hydrogens is 393 g/mol. The number of ether oxygens (including phenoxy) is 1. The van der Waals surface area contributed by atoms with Gasteiger partial charge in [-0.15, -0.1) is 24.0 Å². The van der Waals surface area contributed by atoms with Gasteiger partial charge in [0.25, 0.3) is 0 Å². The Morgan fingerprint density at radius 1 is 1.36 bits per heavy atom. The molecule has 0 aliphatic heterocycles. The number of hydrogen-bond donors (Lipinski definition) is 2. The average molecular weight is 421 g/mol. The minimum absolute atomic E-state index is 0. The van der Waals surface area contributed by atoms with Gasteiger partial charge in [0.05, 0.1) is 12.8 Å². The third-order valence-corrected chi connectivity index (χ3v) is 4.37.